The van der Waals surface area contributed by atoms with Crippen molar-refractivity contribution in [1.82, 2.24) is 4.90 Å². The number of rotatable bonds is 7. The molecule has 0 saturated carbocycles. The van der Waals surface area contributed by atoms with E-state index in [9.17, 15) is 4.79 Å². The van der Waals surface area contributed by atoms with Crippen LogP contribution in [0, 0.1) is 0 Å². The maximum absolute atomic E-state index is 13.0. The third-order valence-corrected chi connectivity index (χ3v) is 5.16. The number of hydrogen-bond donors (Lipinski definition) is 1. The molecule has 5 nitrogen and oxygen atoms in total. The minimum absolute atomic E-state index is 0.0398. The molecule has 0 radical (unpaired) electrons. The summed E-state index contributed by atoms with van der Waals surface area (Å²) in [6, 6.07) is 9.99. The van der Waals surface area contributed by atoms with Gasteiger partial charge in [0.25, 0.3) is 5.91 Å². The number of halogens is 1. The van der Waals surface area contributed by atoms with Gasteiger partial charge in [0.1, 0.15) is 6.10 Å². The second kappa shape index (κ2) is 10.0. The molecule has 2 atom stereocenters. The zero-order chi connectivity index (χ0) is 19.1. The Hall–Kier alpha value is -1.66. The van der Waals surface area contributed by atoms with Crippen molar-refractivity contribution in [3.05, 3.63) is 58.7 Å². The van der Waals surface area contributed by atoms with Crippen molar-refractivity contribution in [2.24, 2.45) is 5.73 Å². The largest absolute Gasteiger partial charge is 0.374 e. The fourth-order valence-electron chi connectivity index (χ4n) is 3.31. The second-order valence-electron chi connectivity index (χ2n) is 6.79. The zero-order valence-corrected chi connectivity index (χ0v) is 16.2. The van der Waals surface area contributed by atoms with E-state index >= 15 is 0 Å². The number of carbonyl (C=O) groups is 1. The van der Waals surface area contributed by atoms with E-state index in [2.05, 4.69) is 0 Å². The predicted molar refractivity (Wildman–Crippen MR) is 106 cm³/mol. The van der Waals surface area contributed by atoms with Crippen LogP contribution in [0.25, 0.3) is 0 Å². The first-order valence-corrected chi connectivity index (χ1v) is 9.92. The highest BCUT2D eigenvalue weighted by Gasteiger charge is 2.29. The van der Waals surface area contributed by atoms with E-state index < -0.39 is 0 Å². The van der Waals surface area contributed by atoms with Crippen molar-refractivity contribution in [2.75, 3.05) is 32.8 Å². The highest BCUT2D eigenvalue weighted by Crippen LogP contribution is 2.28. The van der Waals surface area contributed by atoms with Crippen LogP contribution in [-0.2, 0) is 14.3 Å². The van der Waals surface area contributed by atoms with Crippen molar-refractivity contribution < 1.29 is 14.3 Å². The summed E-state index contributed by atoms with van der Waals surface area (Å²) in [5.41, 5.74) is 7.14. The summed E-state index contributed by atoms with van der Waals surface area (Å²) in [6.07, 6.45) is 6.10. The lowest BCUT2D eigenvalue weighted by Gasteiger charge is -2.34. The number of carbonyl (C=O) groups excluding carboxylic acids is 1. The van der Waals surface area contributed by atoms with Crippen LogP contribution in [0.5, 0.6) is 0 Å². The Morgan fingerprint density at radius 1 is 1.30 bits per heavy atom. The topological polar surface area (TPSA) is 64.8 Å². The normalized spacial score (nSPS) is 23.0. The second-order valence-corrected chi connectivity index (χ2v) is 7.20. The van der Waals surface area contributed by atoms with Crippen molar-refractivity contribution in [3.8, 4) is 0 Å². The average Bonchev–Trinajstić information content (AvgIpc) is 2.72. The summed E-state index contributed by atoms with van der Waals surface area (Å²) in [7, 11) is 0. The van der Waals surface area contributed by atoms with E-state index in [0.29, 0.717) is 49.9 Å². The summed E-state index contributed by atoms with van der Waals surface area (Å²) in [5.74, 6) is -0.0398. The van der Waals surface area contributed by atoms with Gasteiger partial charge in [-0.25, -0.2) is 0 Å². The quantitative estimate of drug-likeness (QED) is 0.726. The minimum Gasteiger partial charge on any atom is -0.374 e. The minimum atomic E-state index is -0.102. The molecular formula is C21H27ClN2O3. The molecule has 3 rings (SSSR count). The van der Waals surface area contributed by atoms with E-state index in [0.717, 1.165) is 18.4 Å². The van der Waals surface area contributed by atoms with E-state index in [1.807, 2.05) is 47.4 Å². The van der Waals surface area contributed by atoms with Gasteiger partial charge in [-0.05, 0) is 37.4 Å². The van der Waals surface area contributed by atoms with Gasteiger partial charge in [0.2, 0.25) is 0 Å². The van der Waals surface area contributed by atoms with Crippen molar-refractivity contribution in [1.29, 1.82) is 0 Å². The molecule has 1 amide bonds. The SMILES string of the molecule is NCCCCOC1C=C(Cl)C(C(=O)N2CCOC(c3ccccc3)C2)=CC1. The number of benzene rings is 1. The molecule has 1 saturated heterocycles. The van der Waals surface area contributed by atoms with Crippen molar-refractivity contribution >= 4 is 17.5 Å². The first-order chi connectivity index (χ1) is 13.2. The first kappa shape index (κ1) is 20.1. The molecule has 1 aliphatic carbocycles. The number of hydrogen-bond acceptors (Lipinski definition) is 4. The molecule has 0 bridgehead atoms. The molecule has 0 aromatic heterocycles. The third kappa shape index (κ3) is 5.42. The van der Waals surface area contributed by atoms with Gasteiger partial charge in [0.15, 0.2) is 0 Å². The van der Waals surface area contributed by atoms with E-state index in [1.54, 1.807) is 0 Å². The molecule has 1 fully saturated rings. The predicted octanol–water partition coefficient (Wildman–Crippen LogP) is 3.16. The molecule has 2 N–H and O–H groups in total. The van der Waals surface area contributed by atoms with Gasteiger partial charge in [-0.3, -0.25) is 4.79 Å². The van der Waals surface area contributed by atoms with Gasteiger partial charge in [-0.1, -0.05) is 48.0 Å². The van der Waals surface area contributed by atoms with Gasteiger partial charge in [-0.15, -0.1) is 0 Å². The molecule has 2 aliphatic rings. The number of unbranched alkanes of at least 4 members (excludes halogenated alkanes) is 1. The molecule has 146 valence electrons. The number of nitrogens with zero attached hydrogens (tertiary/aromatic N) is 1. The molecule has 1 aliphatic heterocycles. The van der Waals surface area contributed by atoms with Crippen LogP contribution in [0.15, 0.2) is 53.1 Å². The smallest absolute Gasteiger partial charge is 0.255 e. The monoisotopic (exact) mass is 390 g/mol. The summed E-state index contributed by atoms with van der Waals surface area (Å²) in [5, 5.41) is 0.470. The Kier molecular flexibility index (Phi) is 7.47. The van der Waals surface area contributed by atoms with Crippen LogP contribution in [0.2, 0.25) is 0 Å². The zero-order valence-electron chi connectivity index (χ0n) is 15.5. The average molecular weight is 391 g/mol. The maximum atomic E-state index is 13.0. The Morgan fingerprint density at radius 3 is 2.85 bits per heavy atom. The molecule has 27 heavy (non-hydrogen) atoms. The fourth-order valence-corrected chi connectivity index (χ4v) is 3.61. The Morgan fingerprint density at radius 2 is 2.11 bits per heavy atom. The summed E-state index contributed by atoms with van der Waals surface area (Å²) in [6.45, 7) is 2.95. The van der Waals surface area contributed by atoms with E-state index in [1.165, 1.54) is 0 Å². The summed E-state index contributed by atoms with van der Waals surface area (Å²) < 4.78 is 11.6. The highest BCUT2D eigenvalue weighted by molar-refractivity contribution is 6.35. The molecule has 0 spiro atoms. The van der Waals surface area contributed by atoms with Gasteiger partial charge < -0.3 is 20.1 Å². The van der Waals surface area contributed by atoms with Gasteiger partial charge in [0, 0.05) is 13.2 Å². The molecule has 1 aromatic carbocycles. The molecule has 1 aromatic rings. The lowest BCUT2D eigenvalue weighted by Crippen LogP contribution is -2.43. The molecule has 6 heteroatoms. The van der Waals surface area contributed by atoms with E-state index in [4.69, 9.17) is 26.8 Å². The van der Waals surface area contributed by atoms with Crippen LogP contribution in [-0.4, -0.2) is 49.8 Å². The van der Waals surface area contributed by atoms with Gasteiger partial charge >= 0.3 is 0 Å². The lowest BCUT2D eigenvalue weighted by molar-refractivity contribution is -0.134. The number of amides is 1. The molecular weight excluding hydrogens is 364 g/mol. The van der Waals surface area contributed by atoms with Gasteiger partial charge in [0.05, 0.1) is 29.9 Å². The highest BCUT2D eigenvalue weighted by atomic mass is 35.5. The number of ether oxygens (including phenoxy) is 2. The van der Waals surface area contributed by atoms with Crippen LogP contribution in [0.3, 0.4) is 0 Å². The number of morpholine rings is 1. The fraction of sp³-hybridized carbons (Fsp3) is 0.476. The van der Waals surface area contributed by atoms with Crippen LogP contribution >= 0.6 is 11.6 Å². The lowest BCUT2D eigenvalue weighted by atomic mass is 10.0. The Labute approximate surface area is 165 Å². The first-order valence-electron chi connectivity index (χ1n) is 9.54. The molecule has 2 unspecified atom stereocenters. The van der Waals surface area contributed by atoms with Gasteiger partial charge in [-0.2, -0.15) is 0 Å². The Bertz CT molecular complexity index is 690. The van der Waals surface area contributed by atoms with Crippen molar-refractivity contribution in [2.45, 2.75) is 31.5 Å². The standard InChI is InChI=1S/C21H27ClN2O3/c22-19-14-17(26-12-5-4-10-23)8-9-18(19)21(25)24-11-13-27-20(15-24)16-6-2-1-3-7-16/h1-3,6-7,9,14,17,20H,4-5,8,10-13,15,23H2. The van der Waals surface area contributed by atoms with Crippen molar-refractivity contribution in [3.63, 3.8) is 0 Å². The van der Waals surface area contributed by atoms with Crippen LogP contribution < -0.4 is 5.73 Å². The third-order valence-electron chi connectivity index (χ3n) is 4.83. The maximum Gasteiger partial charge on any atom is 0.255 e. The summed E-state index contributed by atoms with van der Waals surface area (Å²) in [4.78, 5) is 14.8. The summed E-state index contributed by atoms with van der Waals surface area (Å²) >= 11 is 6.40. The van der Waals surface area contributed by atoms with Crippen LogP contribution in [0.4, 0.5) is 0 Å². The Balaban J connectivity index is 1.57. The molecule has 1 heterocycles. The number of nitrogens with two attached hydrogens (primary N) is 1. The van der Waals surface area contributed by atoms with Crippen LogP contribution in [0.1, 0.15) is 30.9 Å². The van der Waals surface area contributed by atoms with E-state index in [-0.39, 0.29) is 18.1 Å².